The number of hydrogen-bond donors (Lipinski definition) is 2. The molecule has 0 amide bonds. The van der Waals surface area contributed by atoms with Gasteiger partial charge >= 0.3 is 0 Å². The molecule has 2 N–H and O–H groups in total. The van der Waals surface area contributed by atoms with E-state index in [4.69, 9.17) is 9.72 Å². The van der Waals surface area contributed by atoms with Gasteiger partial charge in [-0.3, -0.25) is 5.10 Å². The molecule has 0 radical (unpaired) electrons. The largest absolute Gasteiger partial charge is 0.373 e. The maximum absolute atomic E-state index is 13.5. The molecule has 6 rings (SSSR count). The molecular weight excluding hydrogens is 395 g/mol. The van der Waals surface area contributed by atoms with Gasteiger partial charge in [0.15, 0.2) is 5.82 Å². The van der Waals surface area contributed by atoms with E-state index in [1.807, 2.05) is 6.07 Å². The number of benzene rings is 2. The number of nitrogens with one attached hydrogen (secondary N) is 2. The Morgan fingerprint density at radius 1 is 1.16 bits per heavy atom. The summed E-state index contributed by atoms with van der Waals surface area (Å²) >= 11 is 0. The smallest absolute Gasteiger partial charge is 0.159 e. The van der Waals surface area contributed by atoms with Crippen LogP contribution in [0.1, 0.15) is 13.3 Å². The predicted octanol–water partition coefficient (Wildman–Crippen LogP) is 3.54. The summed E-state index contributed by atoms with van der Waals surface area (Å²) in [7, 11) is 0. The summed E-state index contributed by atoms with van der Waals surface area (Å²) in [6, 6.07) is 11.3. The Hall–Kier alpha value is -2.97. The molecule has 0 spiro atoms. The van der Waals surface area contributed by atoms with Crippen LogP contribution in [0.15, 0.2) is 36.4 Å². The summed E-state index contributed by atoms with van der Waals surface area (Å²) < 4.78 is 19.6. The van der Waals surface area contributed by atoms with Crippen LogP contribution in [0.3, 0.4) is 0 Å². The molecule has 4 aromatic rings. The molecular formula is C23H25FN6O. The standard InChI is InChI=1S/C23H25FN6O/c1-14-13-31-17(11-29-7-2-8-29)12-30(14)16-4-6-19-21(10-16)26-23(25-19)22-18-5-3-15(24)9-20(18)27-28-22/h3-6,9-10,14,17H,2,7-8,11-13H2,1H3,(H,25,26)(H,27,28)/t14-,17+/m0/s1. The molecule has 0 bridgehead atoms. The molecule has 0 unspecified atom stereocenters. The molecule has 4 heterocycles. The van der Waals surface area contributed by atoms with Crippen molar-refractivity contribution in [1.82, 2.24) is 25.1 Å². The minimum absolute atomic E-state index is 0.236. The maximum atomic E-state index is 13.5. The molecule has 2 aliphatic heterocycles. The summed E-state index contributed by atoms with van der Waals surface area (Å²) in [5.74, 6) is 0.389. The third-order valence-corrected chi connectivity index (χ3v) is 6.46. The zero-order chi connectivity index (χ0) is 20.9. The van der Waals surface area contributed by atoms with E-state index in [-0.39, 0.29) is 11.9 Å². The number of halogens is 1. The Morgan fingerprint density at radius 3 is 2.90 bits per heavy atom. The number of aromatic nitrogens is 4. The van der Waals surface area contributed by atoms with Crippen molar-refractivity contribution in [3.05, 3.63) is 42.2 Å². The Morgan fingerprint density at radius 2 is 2.06 bits per heavy atom. The molecule has 160 valence electrons. The number of rotatable bonds is 4. The second-order valence-corrected chi connectivity index (χ2v) is 8.66. The molecule has 0 saturated carbocycles. The van der Waals surface area contributed by atoms with Gasteiger partial charge in [0.2, 0.25) is 0 Å². The maximum Gasteiger partial charge on any atom is 0.159 e. The zero-order valence-corrected chi connectivity index (χ0v) is 17.4. The summed E-state index contributed by atoms with van der Waals surface area (Å²) in [5, 5.41) is 8.10. The molecule has 2 aliphatic rings. The van der Waals surface area contributed by atoms with Gasteiger partial charge in [-0.15, -0.1) is 0 Å². The lowest BCUT2D eigenvalue weighted by molar-refractivity contribution is -0.0101. The van der Waals surface area contributed by atoms with Gasteiger partial charge in [-0.25, -0.2) is 9.37 Å². The normalized spacial score (nSPS) is 22.3. The van der Waals surface area contributed by atoms with E-state index in [1.165, 1.54) is 37.3 Å². The van der Waals surface area contributed by atoms with Crippen molar-refractivity contribution < 1.29 is 9.13 Å². The molecule has 31 heavy (non-hydrogen) atoms. The van der Waals surface area contributed by atoms with Crippen molar-refractivity contribution in [3.8, 4) is 11.5 Å². The quantitative estimate of drug-likeness (QED) is 0.528. The van der Waals surface area contributed by atoms with Gasteiger partial charge in [0.25, 0.3) is 0 Å². The van der Waals surface area contributed by atoms with E-state index >= 15 is 0 Å². The minimum Gasteiger partial charge on any atom is -0.373 e. The van der Waals surface area contributed by atoms with E-state index < -0.39 is 0 Å². The zero-order valence-electron chi connectivity index (χ0n) is 17.4. The second-order valence-electron chi connectivity index (χ2n) is 8.66. The number of H-pyrrole nitrogens is 2. The van der Waals surface area contributed by atoms with Crippen LogP contribution in [0.5, 0.6) is 0 Å². The number of hydrogen-bond acceptors (Lipinski definition) is 5. The van der Waals surface area contributed by atoms with E-state index in [1.54, 1.807) is 6.07 Å². The summed E-state index contributed by atoms with van der Waals surface area (Å²) in [6.45, 7) is 7.21. The number of likely N-dealkylation sites (tertiary alicyclic amines) is 1. The first-order valence-corrected chi connectivity index (χ1v) is 10.9. The number of aromatic amines is 2. The average molecular weight is 420 g/mol. The number of nitrogens with zero attached hydrogens (tertiary/aromatic N) is 4. The van der Waals surface area contributed by atoms with Gasteiger partial charge in [0, 0.05) is 30.2 Å². The number of morpholine rings is 1. The van der Waals surface area contributed by atoms with Crippen LogP contribution in [0.2, 0.25) is 0 Å². The molecule has 2 atom stereocenters. The first-order chi connectivity index (χ1) is 15.1. The molecule has 2 fully saturated rings. The second kappa shape index (κ2) is 7.32. The first kappa shape index (κ1) is 18.8. The molecule has 8 heteroatoms. The summed E-state index contributed by atoms with van der Waals surface area (Å²) in [6.07, 6.45) is 1.53. The third kappa shape index (κ3) is 3.36. The monoisotopic (exact) mass is 420 g/mol. The van der Waals surface area contributed by atoms with Crippen LogP contribution < -0.4 is 4.90 Å². The van der Waals surface area contributed by atoms with E-state index in [9.17, 15) is 4.39 Å². The van der Waals surface area contributed by atoms with Gasteiger partial charge in [-0.1, -0.05) is 0 Å². The van der Waals surface area contributed by atoms with Gasteiger partial charge in [-0.05, 0) is 62.8 Å². The fourth-order valence-corrected chi connectivity index (χ4v) is 4.60. The fraction of sp³-hybridized carbons (Fsp3) is 0.391. The lowest BCUT2D eigenvalue weighted by Gasteiger charge is -2.42. The van der Waals surface area contributed by atoms with Gasteiger partial charge < -0.3 is 19.5 Å². The van der Waals surface area contributed by atoms with E-state index in [0.717, 1.165) is 36.1 Å². The van der Waals surface area contributed by atoms with Crippen LogP contribution >= 0.6 is 0 Å². The van der Waals surface area contributed by atoms with Crippen molar-refractivity contribution in [3.63, 3.8) is 0 Å². The fourth-order valence-electron chi connectivity index (χ4n) is 4.60. The highest BCUT2D eigenvalue weighted by Crippen LogP contribution is 2.30. The highest BCUT2D eigenvalue weighted by atomic mass is 19.1. The van der Waals surface area contributed by atoms with Crippen molar-refractivity contribution in [2.24, 2.45) is 0 Å². The van der Waals surface area contributed by atoms with E-state index in [0.29, 0.717) is 23.1 Å². The third-order valence-electron chi connectivity index (χ3n) is 6.46. The van der Waals surface area contributed by atoms with Crippen LogP contribution in [0.4, 0.5) is 10.1 Å². The van der Waals surface area contributed by atoms with Crippen LogP contribution in [0, 0.1) is 5.82 Å². The number of ether oxygens (including phenoxy) is 1. The SMILES string of the molecule is C[C@H]1CO[C@H](CN2CCC2)CN1c1ccc2nc(-c3n[nH]c4cc(F)ccc34)[nH]c2c1. The first-order valence-electron chi connectivity index (χ1n) is 10.9. The molecule has 2 aromatic carbocycles. The van der Waals surface area contributed by atoms with Crippen molar-refractivity contribution in [2.75, 3.05) is 37.7 Å². The summed E-state index contributed by atoms with van der Waals surface area (Å²) in [4.78, 5) is 13.0. The van der Waals surface area contributed by atoms with Crippen LogP contribution in [0.25, 0.3) is 33.5 Å². The average Bonchev–Trinajstić information content (AvgIpc) is 3.34. The number of imidazole rings is 1. The van der Waals surface area contributed by atoms with Crippen molar-refractivity contribution in [1.29, 1.82) is 0 Å². The Labute approximate surface area is 179 Å². The highest BCUT2D eigenvalue weighted by molar-refractivity contribution is 5.93. The minimum atomic E-state index is -0.288. The molecule has 0 aliphatic carbocycles. The molecule has 2 aromatic heterocycles. The van der Waals surface area contributed by atoms with Gasteiger partial charge in [0.05, 0.1) is 29.3 Å². The topological polar surface area (TPSA) is 73.1 Å². The summed E-state index contributed by atoms with van der Waals surface area (Å²) in [5.41, 5.74) is 4.37. The Balaban J connectivity index is 1.30. The van der Waals surface area contributed by atoms with E-state index in [2.05, 4.69) is 44.0 Å². The van der Waals surface area contributed by atoms with Crippen LogP contribution in [-0.2, 0) is 4.74 Å². The van der Waals surface area contributed by atoms with Crippen LogP contribution in [-0.4, -0.2) is 70.0 Å². The molecule has 7 nitrogen and oxygen atoms in total. The van der Waals surface area contributed by atoms with Crippen molar-refractivity contribution >= 4 is 27.6 Å². The lowest BCUT2D eigenvalue weighted by atomic mass is 10.1. The number of anilines is 1. The predicted molar refractivity (Wildman–Crippen MR) is 119 cm³/mol. The van der Waals surface area contributed by atoms with Gasteiger partial charge in [0.1, 0.15) is 11.5 Å². The Bertz CT molecular complexity index is 1250. The number of fused-ring (bicyclic) bond motifs is 2. The van der Waals surface area contributed by atoms with Gasteiger partial charge in [-0.2, -0.15) is 5.10 Å². The van der Waals surface area contributed by atoms with Crippen molar-refractivity contribution in [2.45, 2.75) is 25.5 Å². The lowest BCUT2D eigenvalue weighted by Crippen LogP contribution is -2.53. The Kier molecular flexibility index (Phi) is 4.43. The molecule has 2 saturated heterocycles. The highest BCUT2D eigenvalue weighted by Gasteiger charge is 2.29.